The molecule has 158 valence electrons. The lowest BCUT2D eigenvalue weighted by Crippen LogP contribution is -2.34. The molecule has 2 amide bonds. The van der Waals surface area contributed by atoms with Crippen LogP contribution < -0.4 is 10.2 Å². The smallest absolute Gasteiger partial charge is 0.410 e. The van der Waals surface area contributed by atoms with E-state index in [1.807, 2.05) is 40.0 Å². The quantitative estimate of drug-likeness (QED) is 0.830. The molecule has 2 aliphatic heterocycles. The lowest BCUT2D eigenvalue weighted by molar-refractivity contribution is -0.117. The molecule has 0 atom stereocenters. The van der Waals surface area contributed by atoms with Crippen molar-refractivity contribution in [1.29, 1.82) is 0 Å². The van der Waals surface area contributed by atoms with Crippen molar-refractivity contribution in [2.75, 3.05) is 36.9 Å². The molecule has 4 rings (SSSR count). The fourth-order valence-corrected chi connectivity index (χ4v) is 3.30. The minimum Gasteiger partial charge on any atom is -0.444 e. The highest BCUT2D eigenvalue weighted by Crippen LogP contribution is 2.22. The van der Waals surface area contributed by atoms with E-state index in [0.717, 1.165) is 56.2 Å². The lowest BCUT2D eigenvalue weighted by Gasteiger charge is -2.23. The van der Waals surface area contributed by atoms with Crippen LogP contribution in [0.1, 0.15) is 46.5 Å². The summed E-state index contributed by atoms with van der Waals surface area (Å²) in [5.41, 5.74) is 0.387. The SMILES string of the molecule is CC(C)(C)OC(=O)N1CCCC1.CNc1ccc2ncc(N3CCCC3=O)n2n1. The molecule has 0 spiro atoms. The van der Waals surface area contributed by atoms with Crippen LogP contribution in [-0.2, 0) is 9.53 Å². The van der Waals surface area contributed by atoms with Gasteiger partial charge in [-0.2, -0.15) is 4.52 Å². The molecule has 0 unspecified atom stereocenters. The summed E-state index contributed by atoms with van der Waals surface area (Å²) in [4.78, 5) is 30.8. The molecule has 29 heavy (non-hydrogen) atoms. The molecule has 4 heterocycles. The average molecular weight is 402 g/mol. The second kappa shape index (κ2) is 8.67. The summed E-state index contributed by atoms with van der Waals surface area (Å²) in [5, 5.41) is 7.36. The Hall–Kier alpha value is -2.84. The third kappa shape index (κ3) is 5.16. The zero-order valence-corrected chi connectivity index (χ0v) is 17.6. The maximum absolute atomic E-state index is 11.7. The number of aromatic nitrogens is 3. The number of carbonyl (C=O) groups is 2. The van der Waals surface area contributed by atoms with Crippen molar-refractivity contribution in [3.05, 3.63) is 18.3 Å². The Morgan fingerprint density at radius 2 is 1.86 bits per heavy atom. The van der Waals surface area contributed by atoms with Crippen LogP contribution in [0.3, 0.4) is 0 Å². The summed E-state index contributed by atoms with van der Waals surface area (Å²) in [6.45, 7) is 8.13. The Labute approximate surface area is 171 Å². The van der Waals surface area contributed by atoms with Gasteiger partial charge in [0.1, 0.15) is 11.4 Å². The molecule has 9 heteroatoms. The molecule has 2 fully saturated rings. The van der Waals surface area contributed by atoms with Gasteiger partial charge in [-0.25, -0.2) is 9.78 Å². The van der Waals surface area contributed by atoms with Crippen LogP contribution in [0.15, 0.2) is 18.3 Å². The van der Waals surface area contributed by atoms with Gasteiger partial charge in [-0.15, -0.1) is 5.10 Å². The number of fused-ring (bicyclic) bond motifs is 1. The van der Waals surface area contributed by atoms with Crippen molar-refractivity contribution in [3.8, 4) is 0 Å². The van der Waals surface area contributed by atoms with Gasteiger partial charge >= 0.3 is 6.09 Å². The van der Waals surface area contributed by atoms with Crippen LogP contribution in [0.5, 0.6) is 0 Å². The van der Waals surface area contributed by atoms with Crippen molar-refractivity contribution in [1.82, 2.24) is 19.5 Å². The first-order chi connectivity index (χ1) is 13.8. The maximum Gasteiger partial charge on any atom is 0.410 e. The van der Waals surface area contributed by atoms with Crippen molar-refractivity contribution in [3.63, 3.8) is 0 Å². The normalized spacial score (nSPS) is 16.8. The summed E-state index contributed by atoms with van der Waals surface area (Å²) in [5.74, 6) is 1.64. The Morgan fingerprint density at radius 3 is 2.45 bits per heavy atom. The molecular weight excluding hydrogens is 372 g/mol. The second-order valence-electron chi connectivity index (χ2n) is 8.18. The van der Waals surface area contributed by atoms with Crippen LogP contribution in [-0.4, -0.2) is 63.8 Å². The lowest BCUT2D eigenvalue weighted by atomic mass is 10.2. The monoisotopic (exact) mass is 402 g/mol. The number of anilines is 2. The predicted octanol–water partition coefficient (Wildman–Crippen LogP) is 2.92. The first-order valence-corrected chi connectivity index (χ1v) is 10.1. The molecule has 9 nitrogen and oxygen atoms in total. The Kier molecular flexibility index (Phi) is 6.24. The molecule has 2 aromatic rings. The Bertz CT molecular complexity index is 867. The molecular formula is C20H30N6O3. The largest absolute Gasteiger partial charge is 0.444 e. The number of likely N-dealkylation sites (tertiary alicyclic amines) is 1. The predicted molar refractivity (Wildman–Crippen MR) is 111 cm³/mol. The van der Waals surface area contributed by atoms with E-state index in [0.29, 0.717) is 6.42 Å². The minimum absolute atomic E-state index is 0.142. The van der Waals surface area contributed by atoms with Gasteiger partial charge in [-0.05, 0) is 52.2 Å². The highest BCUT2D eigenvalue weighted by Gasteiger charge is 2.25. The van der Waals surface area contributed by atoms with Crippen molar-refractivity contribution >= 4 is 29.3 Å². The molecule has 1 N–H and O–H groups in total. The molecule has 0 radical (unpaired) electrons. The molecule has 2 aromatic heterocycles. The van der Waals surface area contributed by atoms with Gasteiger partial charge < -0.3 is 15.0 Å². The molecule has 2 aliphatic rings. The van der Waals surface area contributed by atoms with E-state index in [9.17, 15) is 9.59 Å². The third-order valence-electron chi connectivity index (χ3n) is 4.71. The number of hydrogen-bond acceptors (Lipinski definition) is 6. The first-order valence-electron chi connectivity index (χ1n) is 10.1. The summed E-state index contributed by atoms with van der Waals surface area (Å²) in [7, 11) is 1.81. The topological polar surface area (TPSA) is 92.1 Å². The van der Waals surface area contributed by atoms with E-state index in [1.165, 1.54) is 0 Å². The molecule has 0 aliphatic carbocycles. The number of nitrogens with zero attached hydrogens (tertiary/aromatic N) is 5. The number of hydrogen-bond donors (Lipinski definition) is 1. The molecule has 0 saturated carbocycles. The van der Waals surface area contributed by atoms with Gasteiger partial charge in [0.05, 0.1) is 6.20 Å². The third-order valence-corrected chi connectivity index (χ3v) is 4.71. The van der Waals surface area contributed by atoms with Gasteiger partial charge in [0.25, 0.3) is 0 Å². The van der Waals surface area contributed by atoms with E-state index in [-0.39, 0.29) is 17.6 Å². The number of ether oxygens (including phenoxy) is 1. The van der Waals surface area contributed by atoms with Gasteiger partial charge in [0, 0.05) is 33.1 Å². The second-order valence-corrected chi connectivity index (χ2v) is 8.18. The van der Waals surface area contributed by atoms with E-state index >= 15 is 0 Å². The minimum atomic E-state index is -0.361. The van der Waals surface area contributed by atoms with Crippen LogP contribution in [0.25, 0.3) is 5.65 Å². The average Bonchev–Trinajstić information content (AvgIpc) is 3.40. The first kappa shape index (κ1) is 20.9. The van der Waals surface area contributed by atoms with Crippen molar-refractivity contribution in [2.45, 2.75) is 52.1 Å². The van der Waals surface area contributed by atoms with E-state index < -0.39 is 0 Å². The fraction of sp³-hybridized carbons (Fsp3) is 0.600. The summed E-state index contributed by atoms with van der Waals surface area (Å²) < 4.78 is 6.91. The molecule has 0 aromatic carbocycles. The van der Waals surface area contributed by atoms with Gasteiger partial charge in [0.2, 0.25) is 5.91 Å². The Balaban J connectivity index is 0.000000177. The summed E-state index contributed by atoms with van der Waals surface area (Å²) >= 11 is 0. The van der Waals surface area contributed by atoms with E-state index in [2.05, 4.69) is 15.4 Å². The van der Waals surface area contributed by atoms with Gasteiger partial charge in [-0.1, -0.05) is 0 Å². The maximum atomic E-state index is 11.7. The number of imidazole rings is 1. The molecule has 2 saturated heterocycles. The van der Waals surface area contributed by atoms with Crippen molar-refractivity contribution in [2.24, 2.45) is 0 Å². The Morgan fingerprint density at radius 1 is 1.14 bits per heavy atom. The number of rotatable bonds is 2. The highest BCUT2D eigenvalue weighted by atomic mass is 16.6. The van der Waals surface area contributed by atoms with Gasteiger partial charge in [0.15, 0.2) is 11.5 Å². The zero-order valence-electron chi connectivity index (χ0n) is 17.6. The number of carbonyl (C=O) groups excluding carboxylic acids is 2. The highest BCUT2D eigenvalue weighted by molar-refractivity contribution is 5.94. The molecule has 0 bridgehead atoms. The van der Waals surface area contributed by atoms with Crippen LogP contribution in [0, 0.1) is 0 Å². The van der Waals surface area contributed by atoms with Crippen molar-refractivity contribution < 1.29 is 14.3 Å². The standard InChI is InChI=1S/C11H13N5O.C9H17NO2/c1-12-8-4-5-9-13-7-10(16(9)14-8)15-6-2-3-11(15)17;1-9(2,3)12-8(11)10-6-4-5-7-10/h4-5,7H,2-3,6H2,1H3,(H,12,14);4-7H2,1-3H3. The van der Waals surface area contributed by atoms with Crippen LogP contribution in [0.2, 0.25) is 0 Å². The zero-order chi connectivity index (χ0) is 21.0. The number of nitrogens with one attached hydrogen (secondary N) is 1. The number of amides is 2. The van der Waals surface area contributed by atoms with E-state index in [4.69, 9.17) is 4.74 Å². The van der Waals surface area contributed by atoms with Crippen LogP contribution >= 0.6 is 0 Å². The van der Waals surface area contributed by atoms with E-state index in [1.54, 1.807) is 20.5 Å². The fourth-order valence-electron chi connectivity index (χ4n) is 3.30. The summed E-state index contributed by atoms with van der Waals surface area (Å²) in [6.07, 6.45) is 5.26. The summed E-state index contributed by atoms with van der Waals surface area (Å²) in [6, 6.07) is 3.74. The van der Waals surface area contributed by atoms with Crippen LogP contribution in [0.4, 0.5) is 16.4 Å². The van der Waals surface area contributed by atoms with Gasteiger partial charge in [-0.3, -0.25) is 9.69 Å².